The van der Waals surface area contributed by atoms with Gasteiger partial charge in [-0.25, -0.2) is 0 Å². The third kappa shape index (κ3) is 2.10. The average molecular weight is 404 g/mol. The van der Waals surface area contributed by atoms with Gasteiger partial charge in [0.15, 0.2) is 14.1 Å². The molecule has 0 radical (unpaired) electrons. The fourth-order valence-electron chi connectivity index (χ4n) is 6.75. The second-order valence-electron chi connectivity index (χ2n) is 12.3. The van der Waals surface area contributed by atoms with Gasteiger partial charge in [-0.1, -0.05) is 48.0 Å². The van der Waals surface area contributed by atoms with E-state index in [9.17, 15) is 10.1 Å². The first-order valence-corrected chi connectivity index (χ1v) is 13.9. The zero-order valence-corrected chi connectivity index (χ0v) is 19.9. The predicted molar refractivity (Wildman–Crippen MR) is 111 cm³/mol. The van der Waals surface area contributed by atoms with Gasteiger partial charge in [-0.2, -0.15) is 5.26 Å². The van der Waals surface area contributed by atoms with Crippen LogP contribution in [-0.4, -0.2) is 32.4 Å². The van der Waals surface area contributed by atoms with Crippen LogP contribution in [0.3, 0.4) is 0 Å². The molecule has 4 nitrogen and oxygen atoms in total. The maximum absolute atomic E-state index is 14.0. The minimum Gasteiger partial charge on any atom is -0.416 e. The van der Waals surface area contributed by atoms with E-state index in [1.165, 1.54) is 0 Å². The summed E-state index contributed by atoms with van der Waals surface area (Å²) >= 11 is 0. The van der Waals surface area contributed by atoms with E-state index < -0.39 is 19.3 Å². The first-order chi connectivity index (χ1) is 12.7. The van der Waals surface area contributed by atoms with Crippen LogP contribution in [0.25, 0.3) is 0 Å². The number of hydrogen-bond donors (Lipinski definition) is 0. The van der Waals surface area contributed by atoms with E-state index in [2.05, 4.69) is 60.7 Å². The second kappa shape index (κ2) is 5.50. The molecule has 2 aliphatic heterocycles. The summed E-state index contributed by atoms with van der Waals surface area (Å²) in [4.78, 5) is 14.0. The number of nitriles is 1. The number of Topliss-reactive ketones (excluding diaryl/α,β-unsaturated/α-hetero) is 1. The standard InChI is InChI=1S/C23H37NO3Si/c1-19(2,3)28(7,8)26-13-15-10-9-11-21(6)12-16-22(14-24)17(20(22,4)5)18(25)23(15,21)27-16/h15-17H,9-13H2,1-8H3/t15-,16-,17-,21+,22-,23-/m1/s1. The molecule has 5 heteroatoms. The molecule has 2 aliphatic carbocycles. The van der Waals surface area contributed by atoms with Gasteiger partial charge < -0.3 is 9.16 Å². The Hall–Kier alpha value is -0.703. The second-order valence-corrected chi connectivity index (χ2v) is 17.1. The van der Waals surface area contributed by atoms with E-state index in [0.717, 1.165) is 25.7 Å². The van der Waals surface area contributed by atoms with Crippen molar-refractivity contribution in [3.05, 3.63) is 0 Å². The van der Waals surface area contributed by atoms with E-state index in [-0.39, 0.29) is 39.6 Å². The van der Waals surface area contributed by atoms with Gasteiger partial charge >= 0.3 is 0 Å². The molecule has 156 valence electrons. The zero-order chi connectivity index (χ0) is 21.0. The molecule has 0 aromatic rings. The van der Waals surface area contributed by atoms with Crippen LogP contribution in [0.1, 0.15) is 67.2 Å². The van der Waals surface area contributed by atoms with Crippen LogP contribution in [0, 0.1) is 39.4 Å². The van der Waals surface area contributed by atoms with Crippen LogP contribution < -0.4 is 0 Å². The Balaban J connectivity index is 1.69. The Bertz CT molecular complexity index is 763. The van der Waals surface area contributed by atoms with Crippen molar-refractivity contribution in [3.8, 4) is 6.07 Å². The van der Waals surface area contributed by atoms with Crippen molar-refractivity contribution in [2.45, 2.75) is 97.1 Å². The first kappa shape index (κ1) is 20.6. The van der Waals surface area contributed by atoms with Crippen molar-refractivity contribution < 1.29 is 14.0 Å². The van der Waals surface area contributed by atoms with Gasteiger partial charge in [-0.15, -0.1) is 0 Å². The molecule has 4 rings (SSSR count). The lowest BCUT2D eigenvalue weighted by Crippen LogP contribution is -2.62. The summed E-state index contributed by atoms with van der Waals surface area (Å²) in [6.07, 6.45) is 3.83. The van der Waals surface area contributed by atoms with E-state index in [0.29, 0.717) is 6.61 Å². The van der Waals surface area contributed by atoms with Gasteiger partial charge in [-0.05, 0) is 42.8 Å². The lowest BCUT2D eigenvalue weighted by molar-refractivity contribution is -0.190. The van der Waals surface area contributed by atoms with Crippen molar-refractivity contribution in [2.24, 2.45) is 28.1 Å². The smallest absolute Gasteiger partial charge is 0.191 e. The Morgan fingerprint density at radius 2 is 1.93 bits per heavy atom. The number of carbonyl (C=O) groups is 1. The van der Waals surface area contributed by atoms with Crippen molar-refractivity contribution in [3.63, 3.8) is 0 Å². The Labute approximate surface area is 171 Å². The fraction of sp³-hybridized carbons (Fsp3) is 0.913. The third-order valence-corrected chi connectivity index (χ3v) is 14.2. The maximum atomic E-state index is 14.0. The van der Waals surface area contributed by atoms with E-state index >= 15 is 0 Å². The lowest BCUT2D eigenvalue weighted by Gasteiger charge is -2.51. The molecule has 2 bridgehead atoms. The van der Waals surface area contributed by atoms with Crippen LogP contribution in [0.15, 0.2) is 0 Å². The number of hydrogen-bond acceptors (Lipinski definition) is 4. The molecule has 6 atom stereocenters. The number of fused-ring (bicyclic) bond motifs is 3. The molecular formula is C23H37NO3Si. The largest absolute Gasteiger partial charge is 0.416 e. The quantitative estimate of drug-likeness (QED) is 0.616. The molecule has 0 aromatic carbocycles. The number of nitrogens with zero attached hydrogens (tertiary/aromatic N) is 1. The predicted octanol–water partition coefficient (Wildman–Crippen LogP) is 5.09. The number of ether oxygens (including phenoxy) is 1. The SMILES string of the molecule is CC1(C)[C@H]2C(=O)[C@@]34O[C@H](C[C@]3(C)CCC[C@@H]4CO[Si](C)(C)C(C)(C)C)[C@]21C#N. The highest BCUT2D eigenvalue weighted by Gasteiger charge is 2.88. The molecule has 2 saturated carbocycles. The minimum atomic E-state index is -1.90. The highest BCUT2D eigenvalue weighted by molar-refractivity contribution is 6.74. The molecule has 0 amide bonds. The maximum Gasteiger partial charge on any atom is 0.191 e. The highest BCUT2D eigenvalue weighted by Crippen LogP contribution is 2.80. The lowest BCUT2D eigenvalue weighted by atomic mass is 9.57. The molecule has 2 heterocycles. The summed E-state index contributed by atoms with van der Waals surface area (Å²) in [5.74, 6) is 0.129. The van der Waals surface area contributed by atoms with Gasteiger partial charge in [0, 0.05) is 23.9 Å². The summed E-state index contributed by atoms with van der Waals surface area (Å²) in [5, 5.41) is 10.2. The molecular weight excluding hydrogens is 366 g/mol. The van der Waals surface area contributed by atoms with Crippen LogP contribution in [0.4, 0.5) is 0 Å². The Morgan fingerprint density at radius 3 is 2.50 bits per heavy atom. The molecule has 0 N–H and O–H groups in total. The van der Waals surface area contributed by atoms with Crippen molar-refractivity contribution in [2.75, 3.05) is 6.61 Å². The van der Waals surface area contributed by atoms with Gasteiger partial charge in [0.05, 0.1) is 17.6 Å². The van der Waals surface area contributed by atoms with E-state index in [1.807, 2.05) is 0 Å². The summed E-state index contributed by atoms with van der Waals surface area (Å²) in [6, 6.07) is 2.55. The van der Waals surface area contributed by atoms with Gasteiger partial charge in [-0.3, -0.25) is 4.79 Å². The number of rotatable bonds is 3. The minimum absolute atomic E-state index is 0.103. The summed E-state index contributed by atoms with van der Waals surface area (Å²) in [7, 11) is -1.90. The van der Waals surface area contributed by atoms with Crippen molar-refractivity contribution >= 4 is 14.1 Å². The van der Waals surface area contributed by atoms with E-state index in [4.69, 9.17) is 9.16 Å². The van der Waals surface area contributed by atoms with Gasteiger partial charge in [0.1, 0.15) is 5.60 Å². The van der Waals surface area contributed by atoms with Crippen molar-refractivity contribution in [1.82, 2.24) is 0 Å². The third-order valence-electron chi connectivity index (χ3n) is 9.65. The summed E-state index contributed by atoms with van der Waals surface area (Å²) < 4.78 is 13.3. The molecule has 0 aromatic heterocycles. The van der Waals surface area contributed by atoms with Crippen molar-refractivity contribution in [1.29, 1.82) is 5.26 Å². The zero-order valence-electron chi connectivity index (χ0n) is 18.9. The average Bonchev–Trinajstić information content (AvgIpc) is 2.93. The Kier molecular flexibility index (Phi) is 4.04. The van der Waals surface area contributed by atoms with Gasteiger partial charge in [0.25, 0.3) is 0 Å². The van der Waals surface area contributed by atoms with Crippen LogP contribution in [-0.2, 0) is 14.0 Å². The Morgan fingerprint density at radius 1 is 1.29 bits per heavy atom. The molecule has 0 unspecified atom stereocenters. The summed E-state index contributed by atoms with van der Waals surface area (Å²) in [6.45, 7) is 18.3. The number of ketones is 1. The molecule has 4 aliphatic rings. The van der Waals surface area contributed by atoms with Crippen LogP contribution in [0.2, 0.25) is 18.1 Å². The summed E-state index contributed by atoms with van der Waals surface area (Å²) in [5.41, 5.74) is -1.82. The first-order valence-electron chi connectivity index (χ1n) is 11.0. The molecule has 1 spiro atoms. The number of carbonyl (C=O) groups excluding carboxylic acids is 1. The fourth-order valence-corrected chi connectivity index (χ4v) is 7.80. The van der Waals surface area contributed by atoms with Gasteiger partial charge in [0.2, 0.25) is 0 Å². The molecule has 2 saturated heterocycles. The van der Waals surface area contributed by atoms with E-state index in [1.54, 1.807) is 0 Å². The normalized spacial score (nSPS) is 46.5. The molecule has 4 fully saturated rings. The monoisotopic (exact) mass is 403 g/mol. The molecule has 28 heavy (non-hydrogen) atoms. The van der Waals surface area contributed by atoms with Crippen LogP contribution in [0.5, 0.6) is 0 Å². The topological polar surface area (TPSA) is 59.3 Å². The van der Waals surface area contributed by atoms with Crippen LogP contribution >= 0.6 is 0 Å². The highest BCUT2D eigenvalue weighted by atomic mass is 28.4.